The number of fused-ring (bicyclic) bond motifs is 1. The van der Waals surface area contributed by atoms with Crippen LogP contribution in [0.3, 0.4) is 0 Å². The van der Waals surface area contributed by atoms with Crippen LogP contribution in [-0.4, -0.2) is 29.6 Å². The molecule has 0 radical (unpaired) electrons. The third-order valence-corrected chi connectivity index (χ3v) is 8.35. The summed E-state index contributed by atoms with van der Waals surface area (Å²) >= 11 is 2.88. The first-order valence-electron chi connectivity index (χ1n) is 12.1. The molecule has 0 aliphatic heterocycles. The molecule has 2 N–H and O–H groups in total. The maximum atomic E-state index is 13.2. The lowest BCUT2D eigenvalue weighted by Crippen LogP contribution is -2.23. The Kier molecular flexibility index (Phi) is 8.48. The summed E-state index contributed by atoms with van der Waals surface area (Å²) in [6.45, 7) is 5.35. The topological polar surface area (TPSA) is 84.5 Å². The molecule has 1 aliphatic carbocycles. The minimum Gasteiger partial charge on any atom is -0.462 e. The van der Waals surface area contributed by atoms with Crippen molar-refractivity contribution in [1.29, 1.82) is 0 Å². The highest BCUT2D eigenvalue weighted by Crippen LogP contribution is 2.43. The zero-order chi connectivity index (χ0) is 25.7. The molecule has 0 fully saturated rings. The molecule has 0 saturated heterocycles. The second-order valence-corrected chi connectivity index (χ2v) is 11.3. The average molecular weight is 523 g/mol. The van der Waals surface area contributed by atoms with Crippen LogP contribution in [0.1, 0.15) is 59.5 Å². The van der Waals surface area contributed by atoms with Crippen molar-refractivity contribution in [1.82, 2.24) is 0 Å². The molecule has 1 aliphatic rings. The largest absolute Gasteiger partial charge is 0.462 e. The molecule has 2 atom stereocenters. The molecular weight excluding hydrogens is 492 g/mol. The van der Waals surface area contributed by atoms with Gasteiger partial charge in [0.1, 0.15) is 5.00 Å². The zero-order valence-electron chi connectivity index (χ0n) is 20.6. The van der Waals surface area contributed by atoms with Gasteiger partial charge in [-0.1, -0.05) is 36.4 Å². The number of ether oxygens (including phenoxy) is 1. The lowest BCUT2D eigenvalue weighted by Gasteiger charge is -2.23. The normalized spacial score (nSPS) is 15.5. The molecule has 1 heterocycles. The summed E-state index contributed by atoms with van der Waals surface area (Å²) in [5.74, 6) is -0.327. The van der Waals surface area contributed by atoms with E-state index in [0.717, 1.165) is 34.6 Å². The number of hydrogen-bond acceptors (Lipinski definition) is 6. The van der Waals surface area contributed by atoms with Gasteiger partial charge in [0.2, 0.25) is 11.8 Å². The predicted molar refractivity (Wildman–Crippen MR) is 146 cm³/mol. The Morgan fingerprint density at radius 2 is 1.89 bits per heavy atom. The van der Waals surface area contributed by atoms with Crippen molar-refractivity contribution in [3.05, 3.63) is 76.2 Å². The molecule has 0 saturated carbocycles. The number of thioether (sulfide) groups is 1. The minimum atomic E-state index is -0.413. The molecule has 0 bridgehead atoms. The molecule has 8 heteroatoms. The molecule has 2 amide bonds. The van der Waals surface area contributed by atoms with E-state index in [9.17, 15) is 14.4 Å². The molecule has 1 aromatic heterocycles. The van der Waals surface area contributed by atoms with Gasteiger partial charge in [0.25, 0.3) is 0 Å². The minimum absolute atomic E-state index is 0.148. The molecule has 3 aromatic rings. The fourth-order valence-corrected chi connectivity index (χ4v) is 6.67. The van der Waals surface area contributed by atoms with Crippen LogP contribution in [0.5, 0.6) is 0 Å². The first kappa shape index (κ1) is 26.0. The number of hydrogen-bond donors (Lipinski definition) is 2. The highest BCUT2D eigenvalue weighted by molar-refractivity contribution is 8.00. The standard InChI is InChI=1S/C28H30N2O4S2/c1-4-34-28(33)25-23-14-13-20(19-9-6-5-7-10-19)15-24(23)36-27(25)30-26(32)17(2)35-22-12-8-11-21(16-22)29-18(3)31/h5-12,16-17,20H,4,13-15H2,1-3H3,(H,29,31)(H,30,32). The van der Waals surface area contributed by atoms with E-state index in [2.05, 4.69) is 34.9 Å². The van der Waals surface area contributed by atoms with E-state index in [1.807, 2.05) is 31.2 Å². The monoisotopic (exact) mass is 522 g/mol. The number of benzene rings is 2. The van der Waals surface area contributed by atoms with Crippen LogP contribution in [0.25, 0.3) is 0 Å². The van der Waals surface area contributed by atoms with Crippen LogP contribution in [0.4, 0.5) is 10.7 Å². The van der Waals surface area contributed by atoms with Gasteiger partial charge in [0.05, 0.1) is 17.4 Å². The summed E-state index contributed by atoms with van der Waals surface area (Å²) in [5, 5.41) is 5.93. The predicted octanol–water partition coefficient (Wildman–Crippen LogP) is 6.28. The smallest absolute Gasteiger partial charge is 0.341 e. The number of esters is 1. The molecule has 2 aromatic carbocycles. The Labute approximate surface area is 219 Å². The number of carbonyl (C=O) groups is 3. The van der Waals surface area contributed by atoms with Gasteiger partial charge < -0.3 is 15.4 Å². The van der Waals surface area contributed by atoms with Crippen LogP contribution < -0.4 is 10.6 Å². The summed E-state index contributed by atoms with van der Waals surface area (Å²) in [6, 6.07) is 17.8. The Balaban J connectivity index is 1.53. The number of amides is 2. The molecule has 4 rings (SSSR count). The first-order valence-corrected chi connectivity index (χ1v) is 13.8. The van der Waals surface area contributed by atoms with Gasteiger partial charge in [-0.25, -0.2) is 4.79 Å². The van der Waals surface area contributed by atoms with E-state index in [4.69, 9.17) is 4.74 Å². The van der Waals surface area contributed by atoms with E-state index in [-0.39, 0.29) is 24.4 Å². The third kappa shape index (κ3) is 6.17. The van der Waals surface area contributed by atoms with Crippen LogP contribution in [-0.2, 0) is 27.2 Å². The van der Waals surface area contributed by atoms with E-state index in [1.165, 1.54) is 35.6 Å². The molecule has 36 heavy (non-hydrogen) atoms. The Morgan fingerprint density at radius 3 is 2.61 bits per heavy atom. The van der Waals surface area contributed by atoms with Gasteiger partial charge in [-0.05, 0) is 68.4 Å². The molecule has 188 valence electrons. The Morgan fingerprint density at radius 1 is 1.11 bits per heavy atom. The molecule has 2 unspecified atom stereocenters. The third-order valence-electron chi connectivity index (χ3n) is 6.09. The number of nitrogens with one attached hydrogen (secondary N) is 2. The summed E-state index contributed by atoms with van der Waals surface area (Å²) in [4.78, 5) is 39.4. The van der Waals surface area contributed by atoms with Crippen molar-refractivity contribution in [2.45, 2.75) is 56.1 Å². The summed E-state index contributed by atoms with van der Waals surface area (Å²) < 4.78 is 5.36. The number of thiophene rings is 1. The Bertz CT molecular complexity index is 1260. The number of carbonyl (C=O) groups excluding carboxylic acids is 3. The van der Waals surface area contributed by atoms with E-state index in [0.29, 0.717) is 22.2 Å². The van der Waals surface area contributed by atoms with Crippen molar-refractivity contribution < 1.29 is 19.1 Å². The Hall–Kier alpha value is -3.10. The van der Waals surface area contributed by atoms with Crippen LogP contribution in [0, 0.1) is 0 Å². The highest BCUT2D eigenvalue weighted by Gasteiger charge is 2.31. The maximum Gasteiger partial charge on any atom is 0.341 e. The molecule has 0 spiro atoms. The van der Waals surface area contributed by atoms with Gasteiger partial charge in [0.15, 0.2) is 0 Å². The lowest BCUT2D eigenvalue weighted by molar-refractivity contribution is -0.115. The summed E-state index contributed by atoms with van der Waals surface area (Å²) in [5.41, 5.74) is 3.49. The molecular formula is C28H30N2O4S2. The van der Waals surface area contributed by atoms with Crippen molar-refractivity contribution in [3.63, 3.8) is 0 Å². The SMILES string of the molecule is CCOC(=O)c1c(NC(=O)C(C)Sc2cccc(NC(C)=O)c2)sc2c1CCC(c1ccccc1)C2. The fourth-order valence-electron chi connectivity index (χ4n) is 4.42. The van der Waals surface area contributed by atoms with Crippen LogP contribution >= 0.6 is 23.1 Å². The van der Waals surface area contributed by atoms with E-state index >= 15 is 0 Å². The fraction of sp³-hybridized carbons (Fsp3) is 0.321. The summed E-state index contributed by atoms with van der Waals surface area (Å²) in [6.07, 6.45) is 2.56. The van der Waals surface area contributed by atoms with Gasteiger partial charge in [-0.2, -0.15) is 0 Å². The van der Waals surface area contributed by atoms with Gasteiger partial charge in [-0.15, -0.1) is 23.1 Å². The van der Waals surface area contributed by atoms with Gasteiger partial charge in [0, 0.05) is 22.4 Å². The van der Waals surface area contributed by atoms with Crippen LogP contribution in [0.15, 0.2) is 59.5 Å². The number of rotatable bonds is 8. The molecule has 6 nitrogen and oxygen atoms in total. The van der Waals surface area contributed by atoms with Crippen molar-refractivity contribution in [2.75, 3.05) is 17.2 Å². The van der Waals surface area contributed by atoms with E-state index in [1.54, 1.807) is 13.0 Å². The first-order chi connectivity index (χ1) is 17.4. The van der Waals surface area contributed by atoms with E-state index < -0.39 is 5.25 Å². The van der Waals surface area contributed by atoms with Crippen molar-refractivity contribution in [3.8, 4) is 0 Å². The average Bonchev–Trinajstić information content (AvgIpc) is 3.21. The van der Waals surface area contributed by atoms with Gasteiger partial charge >= 0.3 is 5.97 Å². The zero-order valence-corrected chi connectivity index (χ0v) is 22.3. The van der Waals surface area contributed by atoms with Crippen molar-refractivity contribution in [2.24, 2.45) is 0 Å². The quantitative estimate of drug-likeness (QED) is 0.269. The van der Waals surface area contributed by atoms with Crippen LogP contribution in [0.2, 0.25) is 0 Å². The lowest BCUT2D eigenvalue weighted by atomic mass is 9.83. The maximum absolute atomic E-state index is 13.2. The highest BCUT2D eigenvalue weighted by atomic mass is 32.2. The summed E-state index contributed by atoms with van der Waals surface area (Å²) in [7, 11) is 0. The second-order valence-electron chi connectivity index (χ2n) is 8.74. The second kappa shape index (κ2) is 11.8. The van der Waals surface area contributed by atoms with Crippen molar-refractivity contribution >= 4 is 51.6 Å². The number of anilines is 2. The van der Waals surface area contributed by atoms with Gasteiger partial charge in [-0.3, -0.25) is 9.59 Å².